The Balaban J connectivity index is 3.52. The van der Waals surface area contributed by atoms with Gasteiger partial charge in [-0.2, -0.15) is 11.8 Å². The number of hydrogen-bond acceptors (Lipinski definition) is 3. The smallest absolute Gasteiger partial charge is 0.322 e. The van der Waals surface area contributed by atoms with E-state index in [4.69, 9.17) is 5.11 Å². The normalized spacial score (nSPS) is 12.5. The predicted octanol–water partition coefficient (Wildman–Crippen LogP) is 1.30. The number of nitrogens with one attached hydrogen (secondary N) is 1. The Hall–Kier alpha value is 0.250. The van der Waals surface area contributed by atoms with Gasteiger partial charge < -0.3 is 5.11 Å². The average molecular weight is 287 g/mol. The maximum absolute atomic E-state index is 10.4. The molecule has 0 heterocycles. The van der Waals surface area contributed by atoms with E-state index in [1.54, 1.807) is 17.8 Å². The first-order valence-corrected chi connectivity index (χ1v) is 5.23. The molecular weight excluding hydrogens is 277 g/mol. The lowest BCUT2D eigenvalue weighted by molar-refractivity contribution is -0.138. The zero-order valence-electron chi connectivity index (χ0n) is 5.92. The third-order valence-electron chi connectivity index (χ3n) is 0.950. The highest BCUT2D eigenvalue weighted by Crippen LogP contribution is 2.03. The Bertz CT molecular complexity index is 143. The fourth-order valence-corrected chi connectivity index (χ4v) is 1.97. The summed E-state index contributed by atoms with van der Waals surface area (Å²) in [5.74, 6) is 0.558. The van der Waals surface area contributed by atoms with Gasteiger partial charge in [0.15, 0.2) is 0 Å². The highest BCUT2D eigenvalue weighted by Gasteiger charge is 2.14. The summed E-state index contributed by atoms with van der Waals surface area (Å²) in [5.41, 5.74) is 0. The molecule has 0 aromatic carbocycles. The number of rotatable bonds is 6. The third kappa shape index (κ3) is 5.51. The number of aliphatic carboxylic acids is 1. The molecule has 0 aliphatic carbocycles. The molecule has 0 saturated heterocycles. The lowest BCUT2D eigenvalue weighted by Crippen LogP contribution is -2.32. The van der Waals surface area contributed by atoms with Crippen molar-refractivity contribution in [2.75, 3.05) is 11.5 Å². The van der Waals surface area contributed by atoms with Crippen LogP contribution in [0, 0.1) is 0 Å². The van der Waals surface area contributed by atoms with Gasteiger partial charge in [-0.15, -0.1) is 6.58 Å². The first-order chi connectivity index (χ1) is 5.22. The van der Waals surface area contributed by atoms with E-state index in [2.05, 4.69) is 10.1 Å². The Kier molecular flexibility index (Phi) is 7.09. The van der Waals surface area contributed by atoms with Crippen molar-refractivity contribution in [1.29, 1.82) is 0 Å². The van der Waals surface area contributed by atoms with Gasteiger partial charge in [0, 0.05) is 34.4 Å². The molecule has 3 nitrogen and oxygen atoms in total. The van der Waals surface area contributed by atoms with E-state index >= 15 is 0 Å². The van der Waals surface area contributed by atoms with Crippen LogP contribution in [0.5, 0.6) is 0 Å². The molecule has 11 heavy (non-hydrogen) atoms. The number of halogens is 1. The summed E-state index contributed by atoms with van der Waals surface area (Å²) in [6.45, 7) is 3.54. The lowest BCUT2D eigenvalue weighted by Gasteiger charge is -2.07. The van der Waals surface area contributed by atoms with E-state index in [9.17, 15) is 4.79 Å². The maximum Gasteiger partial charge on any atom is 0.322 e. The second kappa shape index (κ2) is 6.93. The average Bonchev–Trinajstić information content (AvgIpc) is 1.97. The van der Waals surface area contributed by atoms with Crippen LogP contribution in [0.4, 0.5) is 0 Å². The first-order valence-electron chi connectivity index (χ1n) is 3.00. The van der Waals surface area contributed by atoms with Crippen LogP contribution in [0.3, 0.4) is 0 Å². The summed E-state index contributed by atoms with van der Waals surface area (Å²) in [6.07, 6.45) is 1.76. The SMILES string of the molecule is C=CCSCC(NI)C(=O)O. The number of thioether (sulfide) groups is 1. The van der Waals surface area contributed by atoms with Gasteiger partial charge in [-0.3, -0.25) is 4.79 Å². The Labute approximate surface area is 84.1 Å². The van der Waals surface area contributed by atoms with E-state index in [1.165, 1.54) is 0 Å². The van der Waals surface area contributed by atoms with Crippen molar-refractivity contribution in [3.63, 3.8) is 0 Å². The van der Waals surface area contributed by atoms with Crippen LogP contribution >= 0.6 is 34.6 Å². The minimum Gasteiger partial charge on any atom is -0.480 e. The Morgan fingerprint density at radius 1 is 1.91 bits per heavy atom. The molecule has 64 valence electrons. The van der Waals surface area contributed by atoms with Gasteiger partial charge in [0.1, 0.15) is 6.04 Å². The van der Waals surface area contributed by atoms with Gasteiger partial charge in [0.25, 0.3) is 0 Å². The Morgan fingerprint density at radius 3 is 2.91 bits per heavy atom. The summed E-state index contributed by atoms with van der Waals surface area (Å²) in [6, 6.07) is -0.458. The molecule has 0 fully saturated rings. The van der Waals surface area contributed by atoms with E-state index in [-0.39, 0.29) is 0 Å². The largest absolute Gasteiger partial charge is 0.480 e. The van der Waals surface area contributed by atoms with Crippen LogP contribution in [-0.4, -0.2) is 28.6 Å². The van der Waals surface area contributed by atoms with Crippen molar-refractivity contribution in [1.82, 2.24) is 3.53 Å². The van der Waals surface area contributed by atoms with Crippen molar-refractivity contribution >= 4 is 40.6 Å². The van der Waals surface area contributed by atoms with Gasteiger partial charge in [-0.1, -0.05) is 6.08 Å². The molecule has 0 amide bonds. The standard InChI is InChI=1S/C6H10INO2S/c1-2-3-11-4-5(8-7)6(9)10/h2,5,8H,1,3-4H2,(H,9,10). The van der Waals surface area contributed by atoms with Crippen molar-refractivity contribution in [2.24, 2.45) is 0 Å². The van der Waals surface area contributed by atoms with Gasteiger partial charge in [0.2, 0.25) is 0 Å². The van der Waals surface area contributed by atoms with E-state index in [0.29, 0.717) is 5.75 Å². The van der Waals surface area contributed by atoms with Crippen LogP contribution in [0.2, 0.25) is 0 Å². The van der Waals surface area contributed by atoms with E-state index in [0.717, 1.165) is 5.75 Å². The summed E-state index contributed by atoms with van der Waals surface area (Å²) in [5, 5.41) is 8.57. The predicted molar refractivity (Wildman–Crippen MR) is 56.1 cm³/mol. The topological polar surface area (TPSA) is 49.3 Å². The molecule has 0 aromatic heterocycles. The summed E-state index contributed by atoms with van der Waals surface area (Å²) in [4.78, 5) is 10.4. The molecule has 2 N–H and O–H groups in total. The molecule has 0 bridgehead atoms. The molecule has 1 atom stereocenters. The second-order valence-electron chi connectivity index (χ2n) is 1.83. The van der Waals surface area contributed by atoms with Gasteiger partial charge >= 0.3 is 5.97 Å². The summed E-state index contributed by atoms with van der Waals surface area (Å²) < 4.78 is 2.68. The zero-order valence-corrected chi connectivity index (χ0v) is 8.89. The van der Waals surface area contributed by atoms with Crippen LogP contribution in [-0.2, 0) is 4.79 Å². The fraction of sp³-hybridized carbons (Fsp3) is 0.500. The van der Waals surface area contributed by atoms with Crippen molar-refractivity contribution in [2.45, 2.75) is 6.04 Å². The van der Waals surface area contributed by atoms with Gasteiger partial charge in [0.05, 0.1) is 0 Å². The van der Waals surface area contributed by atoms with Crippen molar-refractivity contribution < 1.29 is 9.90 Å². The highest BCUT2D eigenvalue weighted by atomic mass is 127. The Morgan fingerprint density at radius 2 is 2.55 bits per heavy atom. The van der Waals surface area contributed by atoms with Crippen molar-refractivity contribution in [3.05, 3.63) is 12.7 Å². The van der Waals surface area contributed by atoms with Crippen LogP contribution in [0.1, 0.15) is 0 Å². The van der Waals surface area contributed by atoms with Crippen LogP contribution < -0.4 is 3.53 Å². The molecule has 0 rings (SSSR count). The summed E-state index contributed by atoms with van der Waals surface area (Å²) >= 11 is 3.39. The summed E-state index contributed by atoms with van der Waals surface area (Å²) in [7, 11) is 0. The third-order valence-corrected chi connectivity index (χ3v) is 2.74. The van der Waals surface area contributed by atoms with E-state index in [1.807, 2.05) is 22.9 Å². The number of hydrogen-bond donors (Lipinski definition) is 2. The zero-order chi connectivity index (χ0) is 8.69. The molecule has 0 aliphatic heterocycles. The molecule has 0 radical (unpaired) electrons. The quantitative estimate of drug-likeness (QED) is 0.334. The van der Waals surface area contributed by atoms with Gasteiger partial charge in [-0.25, -0.2) is 3.53 Å². The molecule has 0 saturated carbocycles. The minimum atomic E-state index is -0.809. The van der Waals surface area contributed by atoms with Gasteiger partial charge in [-0.05, 0) is 0 Å². The van der Waals surface area contributed by atoms with Crippen molar-refractivity contribution in [3.8, 4) is 0 Å². The number of carboxylic acid groups (broad SMARTS) is 1. The molecule has 0 aliphatic rings. The molecular formula is C6H10INO2S. The monoisotopic (exact) mass is 287 g/mol. The first kappa shape index (κ1) is 11.2. The van der Waals surface area contributed by atoms with E-state index < -0.39 is 12.0 Å². The number of carboxylic acids is 1. The van der Waals surface area contributed by atoms with Crippen LogP contribution in [0.25, 0.3) is 0 Å². The maximum atomic E-state index is 10.4. The lowest BCUT2D eigenvalue weighted by atomic mass is 10.4. The molecule has 1 unspecified atom stereocenters. The highest BCUT2D eigenvalue weighted by molar-refractivity contribution is 14.1. The fourth-order valence-electron chi connectivity index (χ4n) is 0.419. The number of carbonyl (C=O) groups is 1. The molecule has 5 heteroatoms. The second-order valence-corrected chi connectivity index (χ2v) is 3.52. The molecule has 0 aromatic rings. The minimum absolute atomic E-state index is 0.458. The van der Waals surface area contributed by atoms with Crippen LogP contribution in [0.15, 0.2) is 12.7 Å². The molecule has 0 spiro atoms.